The van der Waals surface area contributed by atoms with Crippen LogP contribution >= 0.6 is 0 Å². The zero-order valence-electron chi connectivity index (χ0n) is 27.0. The van der Waals surface area contributed by atoms with Gasteiger partial charge in [-0.2, -0.15) is 0 Å². The van der Waals surface area contributed by atoms with E-state index in [1.807, 2.05) is 32.0 Å². The molecule has 0 bridgehead atoms. The number of pyridine rings is 1. The third kappa shape index (κ3) is 9.74. The summed E-state index contributed by atoms with van der Waals surface area (Å²) in [7, 11) is 2.08. The second kappa shape index (κ2) is 16.9. The van der Waals surface area contributed by atoms with Gasteiger partial charge in [0.1, 0.15) is 5.75 Å². The number of hydrogen-bond acceptors (Lipinski definition) is 7. The maximum atomic E-state index is 14.3. The fourth-order valence-electron chi connectivity index (χ4n) is 6.24. The quantitative estimate of drug-likeness (QED) is 0.406. The number of anilines is 1. The number of aliphatic hydroxyl groups is 1. The van der Waals surface area contributed by atoms with Crippen molar-refractivity contribution < 1.29 is 24.2 Å². The summed E-state index contributed by atoms with van der Waals surface area (Å²) in [5.41, 5.74) is 2.17. The van der Waals surface area contributed by atoms with Gasteiger partial charge in [0.15, 0.2) is 0 Å². The van der Waals surface area contributed by atoms with E-state index in [0.717, 1.165) is 51.5 Å². The van der Waals surface area contributed by atoms with Crippen molar-refractivity contribution in [2.75, 3.05) is 38.7 Å². The Kier molecular flexibility index (Phi) is 13.0. The fraction of sp³-hybridized carbons (Fsp3) is 0.629. The van der Waals surface area contributed by atoms with Gasteiger partial charge in [-0.3, -0.25) is 19.5 Å². The molecule has 1 aromatic heterocycles. The zero-order chi connectivity index (χ0) is 31.5. The van der Waals surface area contributed by atoms with Gasteiger partial charge in [0.05, 0.1) is 30.4 Å². The molecule has 2 aliphatic rings. The van der Waals surface area contributed by atoms with Crippen LogP contribution in [-0.2, 0) is 16.1 Å². The number of ether oxygens (including phenoxy) is 2. The smallest absolute Gasteiger partial charge is 0.258 e. The summed E-state index contributed by atoms with van der Waals surface area (Å²) in [6.07, 6.45) is 11.2. The molecule has 1 fully saturated rings. The van der Waals surface area contributed by atoms with Crippen molar-refractivity contribution in [3.8, 4) is 5.75 Å². The van der Waals surface area contributed by atoms with Crippen LogP contribution in [0.5, 0.6) is 5.75 Å². The molecule has 2 aromatic rings. The average molecular weight is 609 g/mol. The minimum Gasteiger partial charge on any atom is -0.490 e. The van der Waals surface area contributed by atoms with Crippen molar-refractivity contribution in [3.63, 3.8) is 0 Å². The number of aliphatic hydroxyl groups excluding tert-OH is 1. The molecule has 0 radical (unpaired) electrons. The van der Waals surface area contributed by atoms with E-state index < -0.39 is 6.04 Å². The van der Waals surface area contributed by atoms with Gasteiger partial charge in [-0.05, 0) is 88.9 Å². The monoisotopic (exact) mass is 608 g/mol. The van der Waals surface area contributed by atoms with Gasteiger partial charge in [0, 0.05) is 56.2 Å². The Morgan fingerprint density at radius 3 is 2.55 bits per heavy atom. The maximum Gasteiger partial charge on any atom is 0.258 e. The molecule has 44 heavy (non-hydrogen) atoms. The van der Waals surface area contributed by atoms with Crippen LogP contribution in [0.25, 0.3) is 0 Å². The lowest BCUT2D eigenvalue weighted by Gasteiger charge is -2.36. The van der Waals surface area contributed by atoms with Crippen LogP contribution in [0.15, 0.2) is 42.7 Å². The lowest BCUT2D eigenvalue weighted by atomic mass is 9.88. The average Bonchev–Trinajstić information content (AvgIpc) is 3.03. The predicted molar refractivity (Wildman–Crippen MR) is 173 cm³/mol. The number of rotatable bonds is 8. The van der Waals surface area contributed by atoms with Gasteiger partial charge in [-0.15, -0.1) is 0 Å². The first-order chi connectivity index (χ1) is 21.2. The first kappa shape index (κ1) is 33.9. The van der Waals surface area contributed by atoms with Crippen molar-refractivity contribution in [3.05, 3.63) is 53.9 Å². The number of nitrogens with one attached hydrogen (secondary N) is 1. The van der Waals surface area contributed by atoms with Gasteiger partial charge >= 0.3 is 0 Å². The number of carbonyl (C=O) groups excluding carboxylic acids is 2. The highest BCUT2D eigenvalue weighted by atomic mass is 16.5. The van der Waals surface area contributed by atoms with E-state index in [2.05, 4.69) is 29.2 Å². The topological polar surface area (TPSA) is 104 Å². The van der Waals surface area contributed by atoms with Gasteiger partial charge in [0.2, 0.25) is 5.91 Å². The van der Waals surface area contributed by atoms with E-state index in [9.17, 15) is 14.7 Å². The molecule has 1 aromatic carbocycles. The fourth-order valence-corrected chi connectivity index (χ4v) is 6.24. The Hall–Kier alpha value is -3.01. The number of likely N-dealkylation sites (N-methyl/N-ethyl adjacent to an activating group) is 1. The van der Waals surface area contributed by atoms with Crippen molar-refractivity contribution in [1.82, 2.24) is 14.8 Å². The van der Waals surface area contributed by atoms with Crippen molar-refractivity contribution in [2.45, 2.75) is 96.9 Å². The standard InChI is InChI=1S/C35H52N4O5/c1-25-21-39(26(2)24-40)35(42)31-20-30(37-34(41)29-11-6-5-7-12-29)13-14-32(31)44-27(3)10-8-9-19-43-33(25)23-38(4)22-28-15-17-36-18-16-28/h13-18,20,25-27,29,33,40H,5-12,19,21-24H2,1-4H3,(H,37,41)/t25-,26+,27-,33-/m0/s1. The number of aromatic nitrogens is 1. The Morgan fingerprint density at radius 1 is 1.09 bits per heavy atom. The van der Waals surface area contributed by atoms with Crippen LogP contribution in [0, 0.1) is 11.8 Å². The third-order valence-electron chi connectivity index (χ3n) is 8.99. The molecular formula is C35H52N4O5. The lowest BCUT2D eigenvalue weighted by Crippen LogP contribution is -2.47. The second-order valence-electron chi connectivity index (χ2n) is 12.9. The van der Waals surface area contributed by atoms with Crippen LogP contribution in [-0.4, -0.2) is 83.3 Å². The van der Waals surface area contributed by atoms with Gasteiger partial charge in [-0.1, -0.05) is 26.2 Å². The van der Waals surface area contributed by atoms with Gasteiger partial charge in [-0.25, -0.2) is 0 Å². The normalized spacial score (nSPS) is 23.4. The minimum atomic E-state index is -0.418. The molecule has 0 spiro atoms. The summed E-state index contributed by atoms with van der Waals surface area (Å²) >= 11 is 0. The van der Waals surface area contributed by atoms with Crippen molar-refractivity contribution >= 4 is 17.5 Å². The summed E-state index contributed by atoms with van der Waals surface area (Å²) in [6, 6.07) is 8.99. The van der Waals surface area contributed by atoms with Crippen LogP contribution < -0.4 is 10.1 Å². The maximum absolute atomic E-state index is 14.3. The first-order valence-corrected chi connectivity index (χ1v) is 16.5. The number of hydrogen-bond donors (Lipinski definition) is 2. The summed E-state index contributed by atoms with van der Waals surface area (Å²) in [6.45, 7) is 8.33. The molecule has 2 heterocycles. The Balaban J connectivity index is 1.59. The summed E-state index contributed by atoms with van der Waals surface area (Å²) in [5.74, 6) is 0.286. The minimum absolute atomic E-state index is 0.00442. The molecule has 2 N–H and O–H groups in total. The van der Waals surface area contributed by atoms with Crippen LogP contribution in [0.2, 0.25) is 0 Å². The molecule has 242 valence electrons. The second-order valence-corrected chi connectivity index (χ2v) is 12.9. The predicted octanol–water partition coefficient (Wildman–Crippen LogP) is 5.53. The molecule has 2 amide bonds. The molecular weight excluding hydrogens is 556 g/mol. The van der Waals surface area contributed by atoms with Gasteiger partial charge < -0.3 is 24.8 Å². The highest BCUT2D eigenvalue weighted by Gasteiger charge is 2.31. The van der Waals surface area contributed by atoms with E-state index >= 15 is 0 Å². The van der Waals surface area contributed by atoms with E-state index in [0.29, 0.717) is 36.7 Å². The molecule has 9 heteroatoms. The summed E-state index contributed by atoms with van der Waals surface area (Å²) < 4.78 is 12.8. The molecule has 1 aliphatic carbocycles. The lowest BCUT2D eigenvalue weighted by molar-refractivity contribution is -0.120. The summed E-state index contributed by atoms with van der Waals surface area (Å²) in [5, 5.41) is 13.3. The van der Waals surface area contributed by atoms with Crippen molar-refractivity contribution in [2.24, 2.45) is 11.8 Å². The number of amides is 2. The van der Waals surface area contributed by atoms with Crippen LogP contribution in [0.1, 0.15) is 88.1 Å². The summed E-state index contributed by atoms with van der Waals surface area (Å²) in [4.78, 5) is 35.5. The highest BCUT2D eigenvalue weighted by Crippen LogP contribution is 2.30. The van der Waals surface area contributed by atoms with E-state index in [1.54, 1.807) is 29.4 Å². The molecule has 4 atom stereocenters. The highest BCUT2D eigenvalue weighted by molar-refractivity contribution is 6.00. The number of carbonyl (C=O) groups is 2. The number of benzene rings is 1. The largest absolute Gasteiger partial charge is 0.490 e. The number of fused-ring (bicyclic) bond motifs is 1. The number of nitrogens with zero attached hydrogens (tertiary/aromatic N) is 3. The van der Waals surface area contributed by atoms with Crippen molar-refractivity contribution in [1.29, 1.82) is 0 Å². The Morgan fingerprint density at radius 2 is 1.82 bits per heavy atom. The van der Waals surface area contributed by atoms with E-state index in [4.69, 9.17) is 9.47 Å². The first-order valence-electron chi connectivity index (χ1n) is 16.5. The molecule has 0 saturated heterocycles. The van der Waals surface area contributed by atoms with Crippen LogP contribution in [0.4, 0.5) is 5.69 Å². The van der Waals surface area contributed by atoms with Crippen LogP contribution in [0.3, 0.4) is 0 Å². The zero-order valence-corrected chi connectivity index (χ0v) is 27.0. The molecule has 9 nitrogen and oxygen atoms in total. The van der Waals surface area contributed by atoms with E-state index in [-0.39, 0.29) is 42.5 Å². The molecule has 4 rings (SSSR count). The SMILES string of the molecule is C[C@H](CO)N1C[C@H](C)[C@H](CN(C)Cc2ccncc2)OCCCC[C@H](C)Oc2ccc(NC(=O)C3CCCCC3)cc2C1=O. The Bertz CT molecular complexity index is 1190. The molecule has 1 aliphatic heterocycles. The van der Waals surface area contributed by atoms with E-state index in [1.165, 1.54) is 12.0 Å². The van der Waals surface area contributed by atoms with Gasteiger partial charge in [0.25, 0.3) is 5.91 Å². The molecule has 0 unspecified atom stereocenters. The Labute approximate surface area is 263 Å². The third-order valence-corrected chi connectivity index (χ3v) is 8.99. The molecule has 1 saturated carbocycles.